The predicted octanol–water partition coefficient (Wildman–Crippen LogP) is 1.33. The van der Waals surface area contributed by atoms with Gasteiger partial charge in [0.15, 0.2) is 0 Å². The molecule has 0 radical (unpaired) electrons. The number of nitrogens with two attached hydrogens (primary N) is 1. The zero-order chi connectivity index (χ0) is 15.4. The summed E-state index contributed by atoms with van der Waals surface area (Å²) in [6, 6.07) is 5.11. The Balaban J connectivity index is 2.01. The molecule has 7 nitrogen and oxygen atoms in total. The molecule has 3 N–H and O–H groups in total. The highest BCUT2D eigenvalue weighted by Crippen LogP contribution is 2.26. The molecule has 0 atom stereocenters. The van der Waals surface area contributed by atoms with Gasteiger partial charge in [-0.3, -0.25) is 19.8 Å². The van der Waals surface area contributed by atoms with Gasteiger partial charge >= 0.3 is 0 Å². The molecule has 1 fully saturated rings. The maximum absolute atomic E-state index is 11.1. The number of carbonyl (C=O) groups is 1. The number of anilines is 1. The lowest BCUT2D eigenvalue weighted by Gasteiger charge is -2.30. The van der Waals surface area contributed by atoms with Gasteiger partial charge in [-0.25, -0.2) is 0 Å². The van der Waals surface area contributed by atoms with E-state index >= 15 is 0 Å². The standard InChI is InChI=1S/C14H20N4O3/c1-16-12-8-10(2-3-13(12)18(20)21)9-17-6-4-11(5-7-17)14(15)19/h2-3,8,11,16H,4-7,9H2,1H3,(H2,15,19). The van der Waals surface area contributed by atoms with Crippen LogP contribution in [0.2, 0.25) is 0 Å². The van der Waals surface area contributed by atoms with E-state index in [1.807, 2.05) is 0 Å². The molecule has 7 heteroatoms. The first-order chi connectivity index (χ1) is 10.0. The van der Waals surface area contributed by atoms with Crippen molar-refractivity contribution < 1.29 is 9.72 Å². The smallest absolute Gasteiger partial charge is 0.292 e. The van der Waals surface area contributed by atoms with Crippen molar-refractivity contribution in [3.63, 3.8) is 0 Å². The molecule has 0 saturated carbocycles. The highest BCUT2D eigenvalue weighted by atomic mass is 16.6. The first-order valence-electron chi connectivity index (χ1n) is 6.98. The SMILES string of the molecule is CNc1cc(CN2CCC(C(N)=O)CC2)ccc1[N+](=O)[O-]. The molecular weight excluding hydrogens is 272 g/mol. The molecule has 0 spiro atoms. The third-order valence-corrected chi connectivity index (χ3v) is 3.92. The summed E-state index contributed by atoms with van der Waals surface area (Å²) in [6.45, 7) is 2.36. The molecule has 0 aromatic heterocycles. The number of hydrogen-bond acceptors (Lipinski definition) is 5. The fourth-order valence-electron chi connectivity index (χ4n) is 2.67. The number of nitro benzene ring substituents is 1. The Morgan fingerprint density at radius 3 is 2.67 bits per heavy atom. The molecular formula is C14H20N4O3. The second-order valence-corrected chi connectivity index (χ2v) is 5.31. The van der Waals surface area contributed by atoms with Crippen LogP contribution in [-0.4, -0.2) is 35.9 Å². The third kappa shape index (κ3) is 3.69. The van der Waals surface area contributed by atoms with Crippen molar-refractivity contribution >= 4 is 17.3 Å². The molecule has 1 aliphatic rings. The van der Waals surface area contributed by atoms with E-state index in [4.69, 9.17) is 5.73 Å². The highest BCUT2D eigenvalue weighted by molar-refractivity contribution is 5.76. The monoisotopic (exact) mass is 292 g/mol. The van der Waals surface area contributed by atoms with Crippen molar-refractivity contribution in [2.45, 2.75) is 19.4 Å². The van der Waals surface area contributed by atoms with Gasteiger partial charge in [-0.15, -0.1) is 0 Å². The van der Waals surface area contributed by atoms with Crippen LogP contribution in [0.15, 0.2) is 18.2 Å². The Labute approximate surface area is 123 Å². The number of nitrogens with one attached hydrogen (secondary N) is 1. The maximum Gasteiger partial charge on any atom is 0.292 e. The van der Waals surface area contributed by atoms with Crippen molar-refractivity contribution in [2.24, 2.45) is 11.7 Å². The Bertz CT molecular complexity index is 539. The van der Waals surface area contributed by atoms with Crippen LogP contribution < -0.4 is 11.1 Å². The molecule has 1 amide bonds. The summed E-state index contributed by atoms with van der Waals surface area (Å²) in [5.74, 6) is -0.242. The Kier molecular flexibility index (Phi) is 4.74. The summed E-state index contributed by atoms with van der Waals surface area (Å²) in [4.78, 5) is 23.9. The summed E-state index contributed by atoms with van der Waals surface area (Å²) in [7, 11) is 1.67. The average Bonchev–Trinajstić information content (AvgIpc) is 2.47. The molecule has 21 heavy (non-hydrogen) atoms. The van der Waals surface area contributed by atoms with Crippen LogP contribution in [0, 0.1) is 16.0 Å². The summed E-state index contributed by atoms with van der Waals surface area (Å²) in [5.41, 5.74) is 6.93. The molecule has 1 aliphatic heterocycles. The summed E-state index contributed by atoms with van der Waals surface area (Å²) < 4.78 is 0. The van der Waals surface area contributed by atoms with Gasteiger partial charge in [0.05, 0.1) is 4.92 Å². The van der Waals surface area contributed by atoms with Crippen LogP contribution in [0.3, 0.4) is 0 Å². The van der Waals surface area contributed by atoms with Gasteiger partial charge < -0.3 is 11.1 Å². The molecule has 1 aromatic carbocycles. The van der Waals surface area contributed by atoms with Gasteiger partial charge in [0, 0.05) is 25.6 Å². The number of carbonyl (C=O) groups excluding carboxylic acids is 1. The topological polar surface area (TPSA) is 102 Å². The molecule has 1 aromatic rings. The van der Waals surface area contributed by atoms with E-state index in [0.717, 1.165) is 38.0 Å². The summed E-state index contributed by atoms with van der Waals surface area (Å²) in [5, 5.41) is 13.7. The summed E-state index contributed by atoms with van der Waals surface area (Å²) >= 11 is 0. The van der Waals surface area contributed by atoms with Crippen LogP contribution in [0.1, 0.15) is 18.4 Å². The lowest BCUT2D eigenvalue weighted by Crippen LogP contribution is -2.38. The number of rotatable bonds is 5. The lowest BCUT2D eigenvalue weighted by atomic mass is 9.96. The minimum absolute atomic E-state index is 0.0222. The lowest BCUT2D eigenvalue weighted by molar-refractivity contribution is -0.384. The molecule has 2 rings (SSSR count). The minimum atomic E-state index is -0.395. The van der Waals surface area contributed by atoms with E-state index in [1.165, 1.54) is 6.07 Å². The molecule has 0 aliphatic carbocycles. The average molecular weight is 292 g/mol. The number of likely N-dealkylation sites (tertiary alicyclic amines) is 1. The Morgan fingerprint density at radius 1 is 1.48 bits per heavy atom. The minimum Gasteiger partial charge on any atom is -0.383 e. The highest BCUT2D eigenvalue weighted by Gasteiger charge is 2.23. The largest absolute Gasteiger partial charge is 0.383 e. The fourth-order valence-corrected chi connectivity index (χ4v) is 2.67. The predicted molar refractivity (Wildman–Crippen MR) is 79.8 cm³/mol. The first kappa shape index (κ1) is 15.2. The summed E-state index contributed by atoms with van der Waals surface area (Å²) in [6.07, 6.45) is 1.56. The zero-order valence-electron chi connectivity index (χ0n) is 12.0. The third-order valence-electron chi connectivity index (χ3n) is 3.92. The molecule has 114 valence electrons. The Hall–Kier alpha value is -2.15. The molecule has 1 heterocycles. The van der Waals surface area contributed by atoms with Gasteiger partial charge in [0.2, 0.25) is 5.91 Å². The number of primary amides is 1. The maximum atomic E-state index is 11.1. The molecule has 0 unspecified atom stereocenters. The van der Waals surface area contributed by atoms with Gasteiger partial charge in [-0.05, 0) is 37.6 Å². The quantitative estimate of drug-likeness (QED) is 0.630. The zero-order valence-corrected chi connectivity index (χ0v) is 12.0. The van der Waals surface area contributed by atoms with Crippen LogP contribution in [0.25, 0.3) is 0 Å². The normalized spacial score (nSPS) is 16.6. The van der Waals surface area contributed by atoms with Crippen molar-refractivity contribution in [3.05, 3.63) is 33.9 Å². The van der Waals surface area contributed by atoms with Crippen molar-refractivity contribution in [2.75, 3.05) is 25.5 Å². The van der Waals surface area contributed by atoms with E-state index in [-0.39, 0.29) is 17.5 Å². The van der Waals surface area contributed by atoms with Crippen LogP contribution in [0.4, 0.5) is 11.4 Å². The van der Waals surface area contributed by atoms with E-state index in [9.17, 15) is 14.9 Å². The number of benzene rings is 1. The van der Waals surface area contributed by atoms with Gasteiger partial charge in [-0.1, -0.05) is 6.07 Å². The first-order valence-corrected chi connectivity index (χ1v) is 6.98. The van der Waals surface area contributed by atoms with Crippen LogP contribution in [-0.2, 0) is 11.3 Å². The number of nitrogens with zero attached hydrogens (tertiary/aromatic N) is 2. The number of amides is 1. The van der Waals surface area contributed by atoms with Crippen molar-refractivity contribution in [1.82, 2.24) is 4.90 Å². The van der Waals surface area contributed by atoms with Crippen molar-refractivity contribution in [3.8, 4) is 0 Å². The van der Waals surface area contributed by atoms with Gasteiger partial charge in [0.1, 0.15) is 5.69 Å². The van der Waals surface area contributed by atoms with Crippen LogP contribution >= 0.6 is 0 Å². The van der Waals surface area contributed by atoms with Crippen LogP contribution in [0.5, 0.6) is 0 Å². The number of nitro groups is 1. The van der Waals surface area contributed by atoms with E-state index in [1.54, 1.807) is 19.2 Å². The Morgan fingerprint density at radius 2 is 2.14 bits per heavy atom. The fraction of sp³-hybridized carbons (Fsp3) is 0.500. The van der Waals surface area contributed by atoms with Gasteiger partial charge in [-0.2, -0.15) is 0 Å². The van der Waals surface area contributed by atoms with E-state index in [2.05, 4.69) is 10.2 Å². The molecule has 0 bridgehead atoms. The van der Waals surface area contributed by atoms with Gasteiger partial charge in [0.25, 0.3) is 5.69 Å². The van der Waals surface area contributed by atoms with Crippen molar-refractivity contribution in [1.29, 1.82) is 0 Å². The van der Waals surface area contributed by atoms with E-state index < -0.39 is 4.92 Å². The second kappa shape index (κ2) is 6.53. The number of hydrogen-bond donors (Lipinski definition) is 2. The van der Waals surface area contributed by atoms with E-state index in [0.29, 0.717) is 5.69 Å². The number of piperidine rings is 1. The molecule has 1 saturated heterocycles. The second-order valence-electron chi connectivity index (χ2n) is 5.31.